The van der Waals surface area contributed by atoms with Gasteiger partial charge in [0.15, 0.2) is 0 Å². The lowest BCUT2D eigenvalue weighted by molar-refractivity contribution is 0.0951. The van der Waals surface area contributed by atoms with Gasteiger partial charge in [0.05, 0.1) is 19.8 Å². The van der Waals surface area contributed by atoms with E-state index in [0.29, 0.717) is 19.1 Å². The van der Waals surface area contributed by atoms with Gasteiger partial charge in [-0.2, -0.15) is 0 Å². The summed E-state index contributed by atoms with van der Waals surface area (Å²) in [5.74, 6) is 0.756. The third-order valence-corrected chi connectivity index (χ3v) is 3.34. The molecule has 0 amide bonds. The van der Waals surface area contributed by atoms with E-state index in [1.54, 1.807) is 7.11 Å². The monoisotopic (exact) mass is 251 g/mol. The molecule has 0 saturated heterocycles. The summed E-state index contributed by atoms with van der Waals surface area (Å²) in [6.07, 6.45) is 1.81. The van der Waals surface area contributed by atoms with Crippen LogP contribution < -0.4 is 4.74 Å². The zero-order valence-corrected chi connectivity index (χ0v) is 10.7. The summed E-state index contributed by atoms with van der Waals surface area (Å²) in [6.45, 7) is 1.34. The molecule has 4 heteroatoms. The highest BCUT2D eigenvalue weighted by Gasteiger charge is 2.30. The predicted molar refractivity (Wildman–Crippen MR) is 69.6 cm³/mol. The van der Waals surface area contributed by atoms with Crippen LogP contribution in [0.1, 0.15) is 24.5 Å². The molecule has 18 heavy (non-hydrogen) atoms. The van der Waals surface area contributed by atoms with E-state index in [-0.39, 0.29) is 6.61 Å². The van der Waals surface area contributed by atoms with Crippen molar-refractivity contribution in [3.63, 3.8) is 0 Å². The molecule has 0 heterocycles. The molecule has 0 aromatic heterocycles. The molecule has 1 fully saturated rings. The molecule has 2 rings (SSSR count). The molecule has 1 aliphatic rings. The van der Waals surface area contributed by atoms with Crippen LogP contribution in [0.25, 0.3) is 0 Å². The van der Waals surface area contributed by atoms with Crippen molar-refractivity contribution in [2.75, 3.05) is 26.8 Å². The molecule has 1 atom stereocenters. The smallest absolute Gasteiger partial charge is 0.119 e. The van der Waals surface area contributed by atoms with E-state index in [1.807, 2.05) is 24.3 Å². The SMILES string of the molecule is COc1cccc(C(O)CN(CCO)C2CC2)c1. The van der Waals surface area contributed by atoms with Crippen molar-refractivity contribution in [1.29, 1.82) is 0 Å². The molecule has 1 aromatic carbocycles. The van der Waals surface area contributed by atoms with E-state index in [9.17, 15) is 5.11 Å². The first kappa shape index (κ1) is 13.3. The summed E-state index contributed by atoms with van der Waals surface area (Å²) >= 11 is 0. The predicted octanol–water partition coefficient (Wildman–Crippen LogP) is 1.19. The Bertz CT molecular complexity index is 379. The van der Waals surface area contributed by atoms with Gasteiger partial charge in [0, 0.05) is 19.1 Å². The second-order valence-electron chi connectivity index (χ2n) is 4.74. The minimum atomic E-state index is -0.535. The Morgan fingerprint density at radius 1 is 1.44 bits per heavy atom. The minimum Gasteiger partial charge on any atom is -0.497 e. The van der Waals surface area contributed by atoms with Gasteiger partial charge < -0.3 is 14.9 Å². The van der Waals surface area contributed by atoms with Gasteiger partial charge in [-0.3, -0.25) is 4.90 Å². The summed E-state index contributed by atoms with van der Waals surface area (Å²) in [6, 6.07) is 8.04. The molecule has 1 unspecified atom stereocenters. The highest BCUT2D eigenvalue weighted by atomic mass is 16.5. The van der Waals surface area contributed by atoms with Crippen LogP contribution >= 0.6 is 0 Å². The summed E-state index contributed by atoms with van der Waals surface area (Å²) < 4.78 is 5.15. The summed E-state index contributed by atoms with van der Waals surface area (Å²) in [5, 5.41) is 19.3. The lowest BCUT2D eigenvalue weighted by Gasteiger charge is -2.24. The Morgan fingerprint density at radius 2 is 2.22 bits per heavy atom. The minimum absolute atomic E-state index is 0.140. The van der Waals surface area contributed by atoms with Crippen LogP contribution in [-0.2, 0) is 0 Å². The third kappa shape index (κ3) is 3.45. The number of benzene rings is 1. The van der Waals surface area contributed by atoms with E-state index in [2.05, 4.69) is 4.90 Å². The van der Waals surface area contributed by atoms with Crippen molar-refractivity contribution in [3.8, 4) is 5.75 Å². The van der Waals surface area contributed by atoms with E-state index in [0.717, 1.165) is 11.3 Å². The highest BCUT2D eigenvalue weighted by molar-refractivity contribution is 5.29. The van der Waals surface area contributed by atoms with Crippen LogP contribution in [0.5, 0.6) is 5.75 Å². The maximum Gasteiger partial charge on any atom is 0.119 e. The van der Waals surface area contributed by atoms with E-state index in [4.69, 9.17) is 9.84 Å². The normalized spacial score (nSPS) is 16.9. The average molecular weight is 251 g/mol. The van der Waals surface area contributed by atoms with Crippen LogP contribution in [0.2, 0.25) is 0 Å². The van der Waals surface area contributed by atoms with Crippen LogP contribution in [0.4, 0.5) is 0 Å². The average Bonchev–Trinajstić information content (AvgIpc) is 3.22. The van der Waals surface area contributed by atoms with Crippen molar-refractivity contribution < 1.29 is 14.9 Å². The van der Waals surface area contributed by atoms with Crippen molar-refractivity contribution in [1.82, 2.24) is 4.90 Å². The van der Waals surface area contributed by atoms with Gasteiger partial charge in [-0.1, -0.05) is 12.1 Å². The van der Waals surface area contributed by atoms with Crippen molar-refractivity contribution in [3.05, 3.63) is 29.8 Å². The number of nitrogens with zero attached hydrogens (tertiary/aromatic N) is 1. The molecule has 1 aliphatic carbocycles. The molecule has 0 bridgehead atoms. The number of ether oxygens (including phenoxy) is 1. The lowest BCUT2D eigenvalue weighted by atomic mass is 10.1. The van der Waals surface area contributed by atoms with Gasteiger partial charge in [0.2, 0.25) is 0 Å². The summed E-state index contributed by atoms with van der Waals surface area (Å²) in [4.78, 5) is 2.16. The Balaban J connectivity index is 1.98. The molecule has 100 valence electrons. The zero-order valence-electron chi connectivity index (χ0n) is 10.7. The topological polar surface area (TPSA) is 52.9 Å². The van der Waals surface area contributed by atoms with E-state index in [1.165, 1.54) is 12.8 Å². The second kappa shape index (κ2) is 6.18. The number of aliphatic hydroxyl groups is 2. The van der Waals surface area contributed by atoms with Gasteiger partial charge in [-0.25, -0.2) is 0 Å². The Hall–Kier alpha value is -1.10. The highest BCUT2D eigenvalue weighted by Crippen LogP contribution is 2.29. The maximum absolute atomic E-state index is 10.2. The van der Waals surface area contributed by atoms with Crippen molar-refractivity contribution in [2.24, 2.45) is 0 Å². The Kier molecular flexibility index (Phi) is 4.58. The summed E-state index contributed by atoms with van der Waals surface area (Å²) in [7, 11) is 1.62. The fourth-order valence-electron chi connectivity index (χ4n) is 2.17. The number of rotatable bonds is 7. The molecule has 4 nitrogen and oxygen atoms in total. The number of methoxy groups -OCH3 is 1. The molecule has 2 N–H and O–H groups in total. The summed E-state index contributed by atoms with van der Waals surface area (Å²) in [5.41, 5.74) is 0.859. The number of hydrogen-bond donors (Lipinski definition) is 2. The number of hydrogen-bond acceptors (Lipinski definition) is 4. The van der Waals surface area contributed by atoms with Crippen LogP contribution in [0.15, 0.2) is 24.3 Å². The van der Waals surface area contributed by atoms with E-state index < -0.39 is 6.10 Å². The first-order chi connectivity index (χ1) is 8.74. The standard InChI is InChI=1S/C14H21NO3/c1-18-13-4-2-3-11(9-13)14(17)10-15(7-8-16)12-5-6-12/h2-4,9,12,14,16-17H,5-8,10H2,1H3. The molecule has 0 aliphatic heterocycles. The van der Waals surface area contributed by atoms with Crippen LogP contribution in [0.3, 0.4) is 0 Å². The maximum atomic E-state index is 10.2. The van der Waals surface area contributed by atoms with Gasteiger partial charge >= 0.3 is 0 Å². The molecule has 1 saturated carbocycles. The quantitative estimate of drug-likeness (QED) is 0.764. The molecule has 1 aromatic rings. The molecular weight excluding hydrogens is 230 g/mol. The third-order valence-electron chi connectivity index (χ3n) is 3.34. The van der Waals surface area contributed by atoms with Crippen molar-refractivity contribution in [2.45, 2.75) is 25.0 Å². The van der Waals surface area contributed by atoms with Crippen molar-refractivity contribution >= 4 is 0 Å². The second-order valence-corrected chi connectivity index (χ2v) is 4.74. The van der Waals surface area contributed by atoms with Gasteiger partial charge in [-0.15, -0.1) is 0 Å². The Morgan fingerprint density at radius 3 is 2.83 bits per heavy atom. The first-order valence-corrected chi connectivity index (χ1v) is 6.41. The van der Waals surface area contributed by atoms with Gasteiger partial charge in [0.1, 0.15) is 5.75 Å². The zero-order chi connectivity index (χ0) is 13.0. The largest absolute Gasteiger partial charge is 0.497 e. The Labute approximate surface area is 108 Å². The van der Waals surface area contributed by atoms with E-state index >= 15 is 0 Å². The van der Waals surface area contributed by atoms with Crippen LogP contribution in [0, 0.1) is 0 Å². The molecule has 0 radical (unpaired) electrons. The molecule has 0 spiro atoms. The fourth-order valence-corrected chi connectivity index (χ4v) is 2.17. The first-order valence-electron chi connectivity index (χ1n) is 6.41. The lowest BCUT2D eigenvalue weighted by Crippen LogP contribution is -2.33. The molecular formula is C14H21NO3. The van der Waals surface area contributed by atoms with Crippen LogP contribution in [-0.4, -0.2) is 48.0 Å². The number of aliphatic hydroxyl groups excluding tert-OH is 2. The van der Waals surface area contributed by atoms with Gasteiger partial charge in [-0.05, 0) is 30.5 Å². The van der Waals surface area contributed by atoms with Gasteiger partial charge in [0.25, 0.3) is 0 Å². The fraction of sp³-hybridized carbons (Fsp3) is 0.571.